The number of rotatable bonds is 3. The SMILES string of the molecule is CC(N)CC(O)C1CCCC(C)C1. The maximum Gasteiger partial charge on any atom is 0.0583 e. The third-order valence-corrected chi connectivity index (χ3v) is 3.13. The van der Waals surface area contributed by atoms with Gasteiger partial charge in [-0.25, -0.2) is 0 Å². The summed E-state index contributed by atoms with van der Waals surface area (Å²) < 4.78 is 0. The molecule has 1 fully saturated rings. The lowest BCUT2D eigenvalue weighted by molar-refractivity contribution is 0.0607. The molecule has 0 saturated heterocycles. The minimum atomic E-state index is -0.164. The number of hydrogen-bond donors (Lipinski definition) is 2. The van der Waals surface area contributed by atoms with Gasteiger partial charge < -0.3 is 10.8 Å². The molecule has 3 N–H and O–H groups in total. The lowest BCUT2D eigenvalue weighted by Crippen LogP contribution is -2.31. The monoisotopic (exact) mass is 185 g/mol. The largest absolute Gasteiger partial charge is 0.393 e. The molecule has 1 aliphatic carbocycles. The summed E-state index contributed by atoms with van der Waals surface area (Å²) >= 11 is 0. The van der Waals surface area contributed by atoms with Crippen molar-refractivity contribution in [3.63, 3.8) is 0 Å². The minimum absolute atomic E-state index is 0.132. The van der Waals surface area contributed by atoms with E-state index in [0.717, 1.165) is 12.3 Å². The molecule has 0 heterocycles. The summed E-state index contributed by atoms with van der Waals surface area (Å²) in [5.74, 6) is 1.30. The Balaban J connectivity index is 2.32. The summed E-state index contributed by atoms with van der Waals surface area (Å²) in [6, 6.07) is 0.132. The second-order valence-electron chi connectivity index (χ2n) is 4.81. The summed E-state index contributed by atoms with van der Waals surface area (Å²) in [6.07, 6.45) is 5.59. The second kappa shape index (κ2) is 4.97. The molecule has 1 saturated carbocycles. The molecule has 0 bridgehead atoms. The van der Waals surface area contributed by atoms with E-state index in [1.807, 2.05) is 6.92 Å². The van der Waals surface area contributed by atoms with Gasteiger partial charge >= 0.3 is 0 Å². The summed E-state index contributed by atoms with van der Waals surface area (Å²) in [4.78, 5) is 0. The molecular weight excluding hydrogens is 162 g/mol. The highest BCUT2D eigenvalue weighted by molar-refractivity contribution is 4.78. The van der Waals surface area contributed by atoms with Gasteiger partial charge in [-0.05, 0) is 38.0 Å². The number of nitrogens with two attached hydrogens (primary N) is 1. The maximum absolute atomic E-state index is 9.88. The third kappa shape index (κ3) is 3.65. The molecule has 0 aromatic carbocycles. The topological polar surface area (TPSA) is 46.2 Å². The fourth-order valence-corrected chi connectivity index (χ4v) is 2.40. The summed E-state index contributed by atoms with van der Waals surface area (Å²) in [5.41, 5.74) is 5.67. The van der Waals surface area contributed by atoms with Crippen molar-refractivity contribution < 1.29 is 5.11 Å². The highest BCUT2D eigenvalue weighted by atomic mass is 16.3. The van der Waals surface area contributed by atoms with Crippen LogP contribution < -0.4 is 5.73 Å². The first-order valence-electron chi connectivity index (χ1n) is 5.53. The molecule has 13 heavy (non-hydrogen) atoms. The number of hydrogen-bond acceptors (Lipinski definition) is 2. The van der Waals surface area contributed by atoms with Crippen molar-refractivity contribution in [3.8, 4) is 0 Å². The van der Waals surface area contributed by atoms with E-state index in [4.69, 9.17) is 5.73 Å². The van der Waals surface area contributed by atoms with Gasteiger partial charge in [0.15, 0.2) is 0 Å². The zero-order valence-corrected chi connectivity index (χ0v) is 8.87. The molecule has 2 heteroatoms. The van der Waals surface area contributed by atoms with Gasteiger partial charge in [0, 0.05) is 6.04 Å². The van der Waals surface area contributed by atoms with Gasteiger partial charge in [0.25, 0.3) is 0 Å². The molecule has 0 spiro atoms. The minimum Gasteiger partial charge on any atom is -0.393 e. The van der Waals surface area contributed by atoms with Crippen LogP contribution >= 0.6 is 0 Å². The average Bonchev–Trinajstić information content (AvgIpc) is 2.03. The Bertz CT molecular complexity index is 147. The van der Waals surface area contributed by atoms with Crippen LogP contribution in [-0.4, -0.2) is 17.3 Å². The van der Waals surface area contributed by atoms with Crippen molar-refractivity contribution in [2.24, 2.45) is 17.6 Å². The standard InChI is InChI=1S/C11H23NO/c1-8-4-3-5-10(6-8)11(13)7-9(2)12/h8-11,13H,3-7,12H2,1-2H3. The van der Waals surface area contributed by atoms with Gasteiger partial charge in [-0.15, -0.1) is 0 Å². The highest BCUT2D eigenvalue weighted by Gasteiger charge is 2.25. The molecule has 2 nitrogen and oxygen atoms in total. The van der Waals surface area contributed by atoms with Crippen molar-refractivity contribution >= 4 is 0 Å². The molecule has 1 rings (SSSR count). The van der Waals surface area contributed by atoms with Gasteiger partial charge in [-0.3, -0.25) is 0 Å². The molecule has 0 amide bonds. The summed E-state index contributed by atoms with van der Waals surface area (Å²) in [7, 11) is 0. The van der Waals surface area contributed by atoms with Crippen molar-refractivity contribution in [2.75, 3.05) is 0 Å². The van der Waals surface area contributed by atoms with Crippen LogP contribution in [0.25, 0.3) is 0 Å². The Morgan fingerprint density at radius 3 is 2.69 bits per heavy atom. The van der Waals surface area contributed by atoms with Crippen LogP contribution in [0.5, 0.6) is 0 Å². The zero-order valence-electron chi connectivity index (χ0n) is 8.87. The van der Waals surface area contributed by atoms with Gasteiger partial charge in [0.2, 0.25) is 0 Å². The van der Waals surface area contributed by atoms with E-state index in [2.05, 4.69) is 6.92 Å². The van der Waals surface area contributed by atoms with Gasteiger partial charge in [0.05, 0.1) is 6.10 Å². The number of aliphatic hydroxyl groups is 1. The third-order valence-electron chi connectivity index (χ3n) is 3.13. The van der Waals surface area contributed by atoms with E-state index in [-0.39, 0.29) is 12.1 Å². The van der Waals surface area contributed by atoms with Crippen LogP contribution in [0.4, 0.5) is 0 Å². The molecule has 4 atom stereocenters. The highest BCUT2D eigenvalue weighted by Crippen LogP contribution is 2.31. The fourth-order valence-electron chi connectivity index (χ4n) is 2.40. The van der Waals surface area contributed by atoms with Crippen molar-refractivity contribution in [3.05, 3.63) is 0 Å². The maximum atomic E-state index is 9.88. The van der Waals surface area contributed by atoms with Crippen LogP contribution in [0, 0.1) is 11.8 Å². The first-order chi connectivity index (χ1) is 6.09. The van der Waals surface area contributed by atoms with E-state index in [9.17, 15) is 5.11 Å². The molecule has 0 aromatic heterocycles. The van der Waals surface area contributed by atoms with E-state index in [1.54, 1.807) is 0 Å². The summed E-state index contributed by atoms with van der Waals surface area (Å²) in [6.45, 7) is 4.25. The molecule has 0 aliphatic heterocycles. The average molecular weight is 185 g/mol. The zero-order chi connectivity index (χ0) is 9.84. The first-order valence-corrected chi connectivity index (χ1v) is 5.53. The molecule has 4 unspecified atom stereocenters. The first kappa shape index (κ1) is 11.0. The van der Waals surface area contributed by atoms with Gasteiger partial charge in [-0.2, -0.15) is 0 Å². The molecule has 0 radical (unpaired) electrons. The Hall–Kier alpha value is -0.0800. The summed E-state index contributed by atoms with van der Waals surface area (Å²) in [5, 5.41) is 9.88. The van der Waals surface area contributed by atoms with E-state index < -0.39 is 0 Å². The normalized spacial score (nSPS) is 34.2. The van der Waals surface area contributed by atoms with E-state index in [0.29, 0.717) is 5.92 Å². The van der Waals surface area contributed by atoms with Crippen molar-refractivity contribution in [1.29, 1.82) is 0 Å². The molecule has 1 aliphatic rings. The van der Waals surface area contributed by atoms with Gasteiger partial charge in [-0.1, -0.05) is 19.8 Å². The predicted octanol–water partition coefficient (Wildman–Crippen LogP) is 1.91. The molecule has 78 valence electrons. The van der Waals surface area contributed by atoms with Crippen molar-refractivity contribution in [1.82, 2.24) is 0 Å². The second-order valence-corrected chi connectivity index (χ2v) is 4.81. The molecule has 0 aromatic rings. The van der Waals surface area contributed by atoms with Crippen LogP contribution in [0.3, 0.4) is 0 Å². The Morgan fingerprint density at radius 1 is 1.46 bits per heavy atom. The van der Waals surface area contributed by atoms with E-state index in [1.165, 1.54) is 25.7 Å². The quantitative estimate of drug-likeness (QED) is 0.705. The Morgan fingerprint density at radius 2 is 2.15 bits per heavy atom. The fraction of sp³-hybridized carbons (Fsp3) is 1.00. The lowest BCUT2D eigenvalue weighted by atomic mass is 9.78. The Kier molecular flexibility index (Phi) is 4.20. The predicted molar refractivity (Wildman–Crippen MR) is 55.4 cm³/mol. The number of aliphatic hydroxyl groups excluding tert-OH is 1. The lowest BCUT2D eigenvalue weighted by Gasteiger charge is -2.31. The van der Waals surface area contributed by atoms with Crippen molar-refractivity contribution in [2.45, 2.75) is 58.1 Å². The van der Waals surface area contributed by atoms with Crippen LogP contribution in [-0.2, 0) is 0 Å². The Labute approximate surface area is 81.5 Å². The van der Waals surface area contributed by atoms with Crippen LogP contribution in [0.1, 0.15) is 46.0 Å². The van der Waals surface area contributed by atoms with Crippen LogP contribution in [0.15, 0.2) is 0 Å². The van der Waals surface area contributed by atoms with Gasteiger partial charge in [0.1, 0.15) is 0 Å². The van der Waals surface area contributed by atoms with Crippen LogP contribution in [0.2, 0.25) is 0 Å². The smallest absolute Gasteiger partial charge is 0.0583 e. The van der Waals surface area contributed by atoms with E-state index >= 15 is 0 Å². The molecular formula is C11H23NO.